The number of carbonyl (C=O) groups excluding carboxylic acids is 3. The molecule has 9 nitrogen and oxygen atoms in total. The number of amides is 2. The second-order valence-corrected chi connectivity index (χ2v) is 8.19. The minimum Gasteiger partial charge on any atom is -0.481 e. The summed E-state index contributed by atoms with van der Waals surface area (Å²) in [6, 6.07) is 11.7. The van der Waals surface area contributed by atoms with Gasteiger partial charge >= 0.3 is 5.97 Å². The highest BCUT2D eigenvalue weighted by Crippen LogP contribution is 2.26. The quantitative estimate of drug-likeness (QED) is 0.274. The van der Waals surface area contributed by atoms with Crippen LogP contribution in [0.4, 0.5) is 0 Å². The highest BCUT2D eigenvalue weighted by atomic mass is 32.1. The lowest BCUT2D eigenvalue weighted by Gasteiger charge is -2.18. The highest BCUT2D eigenvalue weighted by Gasteiger charge is 2.25. The Morgan fingerprint density at radius 3 is 2.61 bits per heavy atom. The van der Waals surface area contributed by atoms with Gasteiger partial charge in [-0.25, -0.2) is 4.98 Å². The molecule has 0 bridgehead atoms. The fraction of sp³-hybridized carbons (Fsp3) is 0.261. The van der Waals surface area contributed by atoms with Crippen LogP contribution < -0.4 is 10.6 Å². The van der Waals surface area contributed by atoms with E-state index in [2.05, 4.69) is 15.6 Å². The fourth-order valence-electron chi connectivity index (χ4n) is 3.29. The van der Waals surface area contributed by atoms with Crippen molar-refractivity contribution in [1.29, 1.82) is 0 Å². The van der Waals surface area contributed by atoms with E-state index in [-0.39, 0.29) is 11.6 Å². The highest BCUT2D eigenvalue weighted by molar-refractivity contribution is 7.10. The summed E-state index contributed by atoms with van der Waals surface area (Å²) >= 11 is 1.39. The molecule has 2 aromatic heterocycles. The monoisotopic (exact) mass is 469 g/mol. The van der Waals surface area contributed by atoms with Crippen LogP contribution in [0.5, 0.6) is 0 Å². The van der Waals surface area contributed by atoms with Crippen LogP contribution in [-0.2, 0) is 14.4 Å². The van der Waals surface area contributed by atoms with E-state index in [0.29, 0.717) is 31.4 Å². The number of hydrogen-bond acceptors (Lipinski definition) is 7. The Kier molecular flexibility index (Phi) is 8.48. The zero-order chi connectivity index (χ0) is 23.6. The third kappa shape index (κ3) is 6.59. The average molecular weight is 470 g/mol. The van der Waals surface area contributed by atoms with E-state index in [9.17, 15) is 19.2 Å². The van der Waals surface area contributed by atoms with Gasteiger partial charge in [0.15, 0.2) is 17.8 Å². The van der Waals surface area contributed by atoms with E-state index in [1.54, 1.807) is 0 Å². The first-order valence-corrected chi connectivity index (χ1v) is 11.2. The van der Waals surface area contributed by atoms with Gasteiger partial charge in [0.25, 0.3) is 5.91 Å². The Balaban J connectivity index is 1.57. The molecule has 3 rings (SSSR count). The van der Waals surface area contributed by atoms with Gasteiger partial charge in [-0.1, -0.05) is 36.4 Å². The van der Waals surface area contributed by atoms with Crippen LogP contribution in [0.25, 0.3) is 11.3 Å². The summed E-state index contributed by atoms with van der Waals surface area (Å²) in [5.74, 6) is -2.18. The SMILES string of the molecule is O=CC(CC(=O)O)NC(=O)C(CCCNC(=O)c1ncoc1-c1ccccc1)c1cccs1. The van der Waals surface area contributed by atoms with Crippen molar-refractivity contribution in [3.05, 3.63) is 64.8 Å². The molecular weight excluding hydrogens is 446 g/mol. The summed E-state index contributed by atoms with van der Waals surface area (Å²) in [6.07, 6.45) is 2.03. The van der Waals surface area contributed by atoms with Crippen LogP contribution in [0.2, 0.25) is 0 Å². The Bertz CT molecular complexity index is 1080. The Labute approximate surface area is 193 Å². The van der Waals surface area contributed by atoms with Crippen molar-refractivity contribution in [2.75, 3.05) is 6.54 Å². The molecule has 0 aliphatic rings. The van der Waals surface area contributed by atoms with E-state index in [0.717, 1.165) is 10.4 Å². The molecule has 0 aliphatic carbocycles. The standard InChI is InChI=1S/C23H23N3O6S/c27-13-16(12-19(28)29)26-22(30)17(18-9-5-11-33-18)8-4-10-24-23(31)20-21(32-14-25-20)15-6-2-1-3-7-15/h1-3,5-7,9,11,13-14,16-17H,4,8,10,12H2,(H,24,31)(H,26,30)(H,28,29). The molecule has 0 saturated heterocycles. The van der Waals surface area contributed by atoms with Gasteiger partial charge < -0.3 is 25.0 Å². The molecular formula is C23H23N3O6S. The lowest BCUT2D eigenvalue weighted by Crippen LogP contribution is -2.40. The van der Waals surface area contributed by atoms with Gasteiger partial charge in [0, 0.05) is 17.0 Å². The number of carboxylic acid groups (broad SMARTS) is 1. The molecule has 0 spiro atoms. The minimum atomic E-state index is -1.18. The van der Waals surface area contributed by atoms with Crippen molar-refractivity contribution in [2.45, 2.75) is 31.2 Å². The molecule has 172 valence electrons. The summed E-state index contributed by atoms with van der Waals surface area (Å²) < 4.78 is 5.38. The second kappa shape index (κ2) is 11.7. The molecule has 2 atom stereocenters. The molecule has 3 N–H and O–H groups in total. The third-order valence-corrected chi connectivity index (χ3v) is 5.85. The predicted octanol–water partition coefficient (Wildman–Crippen LogP) is 2.86. The molecule has 3 aromatic rings. The number of aldehydes is 1. The van der Waals surface area contributed by atoms with E-state index >= 15 is 0 Å². The van der Waals surface area contributed by atoms with Gasteiger partial charge in [-0.3, -0.25) is 14.4 Å². The summed E-state index contributed by atoms with van der Waals surface area (Å²) in [7, 11) is 0. The normalized spacial score (nSPS) is 12.5. The smallest absolute Gasteiger partial charge is 0.305 e. The van der Waals surface area contributed by atoms with Crippen LogP contribution in [0.15, 0.2) is 58.7 Å². The van der Waals surface area contributed by atoms with Crippen molar-refractivity contribution in [3.63, 3.8) is 0 Å². The number of benzene rings is 1. The number of hydrogen-bond donors (Lipinski definition) is 3. The van der Waals surface area contributed by atoms with Gasteiger partial charge in [-0.15, -0.1) is 11.3 Å². The maximum atomic E-state index is 12.7. The molecule has 1 aromatic carbocycles. The van der Waals surface area contributed by atoms with E-state index in [1.165, 1.54) is 17.7 Å². The first kappa shape index (κ1) is 23.9. The van der Waals surface area contributed by atoms with Crippen molar-refractivity contribution < 1.29 is 28.7 Å². The van der Waals surface area contributed by atoms with Crippen molar-refractivity contribution >= 4 is 35.4 Å². The molecule has 0 radical (unpaired) electrons. The summed E-state index contributed by atoms with van der Waals surface area (Å²) in [6.45, 7) is 0.293. The number of oxazole rings is 1. The van der Waals surface area contributed by atoms with Crippen molar-refractivity contribution in [3.8, 4) is 11.3 Å². The van der Waals surface area contributed by atoms with Gasteiger partial charge in [0.1, 0.15) is 6.29 Å². The average Bonchev–Trinajstić information content (AvgIpc) is 3.51. The topological polar surface area (TPSA) is 139 Å². The molecule has 2 unspecified atom stereocenters. The number of thiophene rings is 1. The van der Waals surface area contributed by atoms with Crippen LogP contribution in [0.1, 0.15) is 40.5 Å². The number of carbonyl (C=O) groups is 4. The minimum absolute atomic E-state index is 0.177. The number of rotatable bonds is 12. The van der Waals surface area contributed by atoms with E-state index in [4.69, 9.17) is 9.52 Å². The van der Waals surface area contributed by atoms with Crippen LogP contribution in [0.3, 0.4) is 0 Å². The molecule has 0 aliphatic heterocycles. The maximum Gasteiger partial charge on any atom is 0.305 e. The summed E-state index contributed by atoms with van der Waals surface area (Å²) in [5.41, 5.74) is 0.914. The zero-order valence-corrected chi connectivity index (χ0v) is 18.4. The number of nitrogens with one attached hydrogen (secondary N) is 2. The molecule has 0 fully saturated rings. The maximum absolute atomic E-state index is 12.7. The lowest BCUT2D eigenvalue weighted by molar-refractivity contribution is -0.138. The fourth-order valence-corrected chi connectivity index (χ4v) is 4.15. The number of carboxylic acids is 1. The number of aromatic nitrogens is 1. The van der Waals surface area contributed by atoms with Crippen molar-refractivity contribution in [2.24, 2.45) is 0 Å². The van der Waals surface area contributed by atoms with E-state index in [1.807, 2.05) is 47.8 Å². The van der Waals surface area contributed by atoms with Gasteiger partial charge in [0.2, 0.25) is 5.91 Å². The molecule has 33 heavy (non-hydrogen) atoms. The Morgan fingerprint density at radius 1 is 1.15 bits per heavy atom. The first-order chi connectivity index (χ1) is 16.0. The summed E-state index contributed by atoms with van der Waals surface area (Å²) in [5, 5.41) is 16.0. The Morgan fingerprint density at radius 2 is 1.94 bits per heavy atom. The molecule has 2 amide bonds. The zero-order valence-electron chi connectivity index (χ0n) is 17.6. The van der Waals surface area contributed by atoms with Crippen molar-refractivity contribution in [1.82, 2.24) is 15.6 Å². The Hall–Kier alpha value is -3.79. The first-order valence-electron chi connectivity index (χ1n) is 10.3. The van der Waals surface area contributed by atoms with Crippen LogP contribution in [0, 0.1) is 0 Å². The third-order valence-electron chi connectivity index (χ3n) is 4.86. The molecule has 2 heterocycles. The summed E-state index contributed by atoms with van der Waals surface area (Å²) in [4.78, 5) is 52.1. The van der Waals surface area contributed by atoms with Crippen LogP contribution >= 0.6 is 11.3 Å². The predicted molar refractivity (Wildman–Crippen MR) is 121 cm³/mol. The largest absolute Gasteiger partial charge is 0.481 e. The van der Waals surface area contributed by atoms with Gasteiger partial charge in [0.05, 0.1) is 18.4 Å². The van der Waals surface area contributed by atoms with E-state index < -0.39 is 30.3 Å². The van der Waals surface area contributed by atoms with Gasteiger partial charge in [-0.05, 0) is 24.3 Å². The number of nitrogens with zero attached hydrogens (tertiary/aromatic N) is 1. The molecule has 10 heteroatoms. The van der Waals surface area contributed by atoms with Gasteiger partial charge in [-0.2, -0.15) is 0 Å². The van der Waals surface area contributed by atoms with Crippen LogP contribution in [-0.4, -0.2) is 46.7 Å². The lowest BCUT2D eigenvalue weighted by atomic mass is 9.99. The second-order valence-electron chi connectivity index (χ2n) is 7.21. The number of aliphatic carboxylic acids is 1. The molecule has 0 saturated carbocycles.